The molecule has 0 atom stereocenters. The van der Waals surface area contributed by atoms with Crippen LogP contribution in [0, 0.1) is 13.8 Å². The summed E-state index contributed by atoms with van der Waals surface area (Å²) in [4.78, 5) is 9.32. The van der Waals surface area contributed by atoms with E-state index in [1.54, 1.807) is 0 Å². The Hall–Kier alpha value is -0.970. The fraction of sp³-hybridized carbons (Fsp3) is 0.375. The summed E-state index contributed by atoms with van der Waals surface area (Å²) < 4.78 is 0.860. The molecule has 21 heavy (non-hydrogen) atoms. The van der Waals surface area contributed by atoms with Gasteiger partial charge in [0.15, 0.2) is 5.82 Å². The van der Waals surface area contributed by atoms with E-state index < -0.39 is 0 Å². The monoisotopic (exact) mass is 367 g/mol. The molecular formula is C16H19BrClN3. The first-order valence-electron chi connectivity index (χ1n) is 6.97. The van der Waals surface area contributed by atoms with Gasteiger partial charge in [-0.2, -0.15) is 0 Å². The third-order valence-corrected chi connectivity index (χ3v) is 4.67. The van der Waals surface area contributed by atoms with Crippen molar-refractivity contribution in [3.8, 4) is 11.4 Å². The van der Waals surface area contributed by atoms with Crippen LogP contribution in [-0.4, -0.2) is 23.6 Å². The van der Waals surface area contributed by atoms with Crippen molar-refractivity contribution in [2.75, 3.05) is 13.6 Å². The number of hydrogen-bond acceptors (Lipinski definition) is 3. The van der Waals surface area contributed by atoms with Gasteiger partial charge in [-0.05, 0) is 80.0 Å². The third-order valence-electron chi connectivity index (χ3n) is 3.45. The Bertz CT molecular complexity index is 620. The molecule has 2 rings (SSSR count). The molecule has 0 fully saturated rings. The highest BCUT2D eigenvalue weighted by molar-refractivity contribution is 9.10. The molecule has 0 aliphatic carbocycles. The van der Waals surface area contributed by atoms with Gasteiger partial charge < -0.3 is 5.32 Å². The summed E-state index contributed by atoms with van der Waals surface area (Å²) in [5.74, 6) is 0.750. The first-order chi connectivity index (χ1) is 10.0. The average molecular weight is 369 g/mol. The quantitative estimate of drug-likeness (QED) is 0.798. The van der Waals surface area contributed by atoms with Gasteiger partial charge in [-0.15, -0.1) is 0 Å². The van der Waals surface area contributed by atoms with Crippen LogP contribution < -0.4 is 5.32 Å². The van der Waals surface area contributed by atoms with Crippen LogP contribution in [0.4, 0.5) is 0 Å². The Balaban J connectivity index is 2.32. The zero-order chi connectivity index (χ0) is 15.4. The predicted octanol–water partition coefficient (Wildman–Crippen LogP) is 4.33. The minimum Gasteiger partial charge on any atom is -0.320 e. The molecule has 112 valence electrons. The lowest BCUT2D eigenvalue weighted by molar-refractivity contribution is 0.715. The largest absolute Gasteiger partial charge is 0.320 e. The summed E-state index contributed by atoms with van der Waals surface area (Å²) in [6, 6.07) is 5.76. The topological polar surface area (TPSA) is 37.8 Å². The highest BCUT2D eigenvalue weighted by Gasteiger charge is 2.10. The van der Waals surface area contributed by atoms with Gasteiger partial charge in [-0.1, -0.05) is 11.6 Å². The van der Waals surface area contributed by atoms with Crippen molar-refractivity contribution in [1.82, 2.24) is 15.3 Å². The molecule has 5 heteroatoms. The van der Waals surface area contributed by atoms with E-state index in [-0.39, 0.29) is 0 Å². The summed E-state index contributed by atoms with van der Waals surface area (Å²) in [5, 5.41) is 3.86. The van der Waals surface area contributed by atoms with Crippen molar-refractivity contribution in [3.63, 3.8) is 0 Å². The van der Waals surface area contributed by atoms with E-state index in [0.717, 1.165) is 46.6 Å². The third kappa shape index (κ3) is 4.02. The van der Waals surface area contributed by atoms with E-state index in [1.807, 2.05) is 25.2 Å². The maximum Gasteiger partial charge on any atom is 0.159 e. The number of aromatic nitrogens is 2. The number of nitrogens with zero attached hydrogens (tertiary/aromatic N) is 2. The molecule has 0 radical (unpaired) electrons. The van der Waals surface area contributed by atoms with Crippen molar-refractivity contribution >= 4 is 27.5 Å². The minimum absolute atomic E-state index is 0.691. The normalized spacial score (nSPS) is 10.9. The molecule has 0 aliphatic rings. The maximum absolute atomic E-state index is 6.03. The molecule has 1 aromatic heterocycles. The second kappa shape index (κ2) is 7.34. The maximum atomic E-state index is 6.03. The van der Waals surface area contributed by atoms with E-state index in [9.17, 15) is 0 Å². The number of halogens is 2. The number of hydrogen-bond donors (Lipinski definition) is 1. The number of aryl methyl sites for hydroxylation is 2. The molecule has 1 N–H and O–H groups in total. The zero-order valence-corrected chi connectivity index (χ0v) is 14.8. The van der Waals surface area contributed by atoms with E-state index >= 15 is 0 Å². The van der Waals surface area contributed by atoms with Crippen LogP contribution >= 0.6 is 27.5 Å². The number of benzene rings is 1. The molecule has 3 nitrogen and oxygen atoms in total. The highest BCUT2D eigenvalue weighted by Crippen LogP contribution is 2.28. The van der Waals surface area contributed by atoms with E-state index in [0.29, 0.717) is 5.02 Å². The molecule has 0 aliphatic heterocycles. The molecule has 0 saturated heterocycles. The standard InChI is InChI=1S/C16H19BrClN3/c1-10-13(5-4-8-19-3)11(2)21-16(20-10)12-6-7-15(18)14(17)9-12/h6-7,9,19H,4-5,8H2,1-3H3. The number of rotatable bonds is 5. The Labute approximate surface area is 139 Å². The van der Waals surface area contributed by atoms with E-state index in [4.69, 9.17) is 11.6 Å². The Morgan fingerprint density at radius 3 is 2.43 bits per heavy atom. The van der Waals surface area contributed by atoms with Crippen LogP contribution in [0.3, 0.4) is 0 Å². The molecule has 1 aromatic carbocycles. The van der Waals surface area contributed by atoms with Gasteiger partial charge in [0.25, 0.3) is 0 Å². The van der Waals surface area contributed by atoms with Crippen molar-refractivity contribution in [3.05, 3.63) is 44.6 Å². The van der Waals surface area contributed by atoms with Gasteiger partial charge in [0, 0.05) is 21.4 Å². The molecule has 2 aromatic rings. The second-order valence-corrected chi connectivity index (χ2v) is 6.29. The highest BCUT2D eigenvalue weighted by atomic mass is 79.9. The van der Waals surface area contributed by atoms with E-state index in [2.05, 4.69) is 45.1 Å². The lowest BCUT2D eigenvalue weighted by Gasteiger charge is -2.11. The lowest BCUT2D eigenvalue weighted by Crippen LogP contribution is -2.10. The zero-order valence-electron chi connectivity index (χ0n) is 12.5. The van der Waals surface area contributed by atoms with Crippen LogP contribution in [0.2, 0.25) is 5.02 Å². The predicted molar refractivity (Wildman–Crippen MR) is 91.9 cm³/mol. The van der Waals surface area contributed by atoms with Crippen molar-refractivity contribution in [1.29, 1.82) is 0 Å². The summed E-state index contributed by atoms with van der Waals surface area (Å²) in [7, 11) is 1.97. The van der Waals surface area contributed by atoms with Crippen LogP contribution in [-0.2, 0) is 6.42 Å². The Kier molecular flexibility index (Phi) is 5.73. The van der Waals surface area contributed by atoms with Gasteiger partial charge >= 0.3 is 0 Å². The molecule has 0 spiro atoms. The summed E-state index contributed by atoms with van der Waals surface area (Å²) >= 11 is 9.48. The summed E-state index contributed by atoms with van der Waals surface area (Å²) in [5.41, 5.74) is 4.33. The molecule has 0 amide bonds. The van der Waals surface area contributed by atoms with Crippen LogP contribution in [0.25, 0.3) is 11.4 Å². The Morgan fingerprint density at radius 2 is 1.86 bits per heavy atom. The van der Waals surface area contributed by atoms with Gasteiger partial charge in [-0.3, -0.25) is 0 Å². The van der Waals surface area contributed by atoms with Gasteiger partial charge in [0.1, 0.15) is 0 Å². The fourth-order valence-corrected chi connectivity index (χ4v) is 2.80. The van der Waals surface area contributed by atoms with Crippen LogP contribution in [0.1, 0.15) is 23.4 Å². The molecule has 0 unspecified atom stereocenters. The molecular weight excluding hydrogens is 350 g/mol. The second-order valence-electron chi connectivity index (χ2n) is 5.03. The summed E-state index contributed by atoms with van der Waals surface area (Å²) in [6.45, 7) is 5.11. The molecule has 0 bridgehead atoms. The van der Waals surface area contributed by atoms with Crippen LogP contribution in [0.5, 0.6) is 0 Å². The number of nitrogens with one attached hydrogen (secondary N) is 1. The first kappa shape index (κ1) is 16.4. The van der Waals surface area contributed by atoms with Crippen molar-refractivity contribution in [2.45, 2.75) is 26.7 Å². The van der Waals surface area contributed by atoms with Crippen LogP contribution in [0.15, 0.2) is 22.7 Å². The fourth-order valence-electron chi connectivity index (χ4n) is 2.31. The van der Waals surface area contributed by atoms with E-state index in [1.165, 1.54) is 5.56 Å². The Morgan fingerprint density at radius 1 is 1.19 bits per heavy atom. The summed E-state index contributed by atoms with van der Waals surface area (Å²) in [6.07, 6.45) is 2.09. The van der Waals surface area contributed by atoms with Gasteiger partial charge in [0.2, 0.25) is 0 Å². The molecule has 1 heterocycles. The smallest absolute Gasteiger partial charge is 0.159 e. The lowest BCUT2D eigenvalue weighted by atomic mass is 10.1. The van der Waals surface area contributed by atoms with Crippen molar-refractivity contribution in [2.24, 2.45) is 0 Å². The van der Waals surface area contributed by atoms with Gasteiger partial charge in [0.05, 0.1) is 5.02 Å². The van der Waals surface area contributed by atoms with Crippen molar-refractivity contribution < 1.29 is 0 Å². The molecule has 0 saturated carbocycles. The van der Waals surface area contributed by atoms with Gasteiger partial charge in [-0.25, -0.2) is 9.97 Å². The first-order valence-corrected chi connectivity index (χ1v) is 8.14. The average Bonchev–Trinajstić information content (AvgIpc) is 2.44. The SMILES string of the molecule is CNCCCc1c(C)nc(-c2ccc(Cl)c(Br)c2)nc1C. The minimum atomic E-state index is 0.691.